The van der Waals surface area contributed by atoms with E-state index in [-0.39, 0.29) is 24.7 Å². The van der Waals surface area contributed by atoms with Crippen molar-refractivity contribution in [3.8, 4) is 17.2 Å². The number of pyridine rings is 1. The van der Waals surface area contributed by atoms with E-state index in [4.69, 9.17) is 9.47 Å². The molecule has 7 nitrogen and oxygen atoms in total. The fourth-order valence-corrected chi connectivity index (χ4v) is 3.01. The van der Waals surface area contributed by atoms with Crippen molar-refractivity contribution >= 4 is 16.8 Å². The summed E-state index contributed by atoms with van der Waals surface area (Å²) in [6.45, 7) is 0.358. The lowest BCUT2D eigenvalue weighted by molar-refractivity contribution is 0.0946. The highest BCUT2D eigenvalue weighted by Gasteiger charge is 2.21. The van der Waals surface area contributed by atoms with E-state index >= 15 is 0 Å². The number of carbonyl (C=O) groups is 1. The van der Waals surface area contributed by atoms with Crippen LogP contribution in [-0.2, 0) is 13.6 Å². The van der Waals surface area contributed by atoms with Gasteiger partial charge in [0.05, 0.1) is 5.52 Å². The van der Waals surface area contributed by atoms with Gasteiger partial charge in [0.2, 0.25) is 6.79 Å². The Bertz CT molecular complexity index is 1090. The Balaban J connectivity index is 1.63. The van der Waals surface area contributed by atoms with Crippen LogP contribution in [0.1, 0.15) is 15.9 Å². The summed E-state index contributed by atoms with van der Waals surface area (Å²) < 4.78 is 11.9. The number of amides is 1. The molecule has 0 saturated carbocycles. The second-order valence-electron chi connectivity index (χ2n) is 5.98. The van der Waals surface area contributed by atoms with Crippen molar-refractivity contribution in [3.05, 3.63) is 63.9 Å². The number of carbonyl (C=O) groups excluding carboxylic acids is 1. The number of benzene rings is 2. The molecule has 2 heterocycles. The summed E-state index contributed by atoms with van der Waals surface area (Å²) in [6, 6.07) is 12.2. The number of aromatic hydroxyl groups is 1. The van der Waals surface area contributed by atoms with Gasteiger partial charge in [-0.2, -0.15) is 0 Å². The van der Waals surface area contributed by atoms with Crippen molar-refractivity contribution < 1.29 is 19.4 Å². The monoisotopic (exact) mass is 352 g/mol. The molecule has 1 aromatic heterocycles. The van der Waals surface area contributed by atoms with Gasteiger partial charge >= 0.3 is 0 Å². The molecular formula is C19H16N2O5. The molecule has 0 fully saturated rings. The molecule has 0 bridgehead atoms. The predicted molar refractivity (Wildman–Crippen MR) is 94.6 cm³/mol. The maximum atomic E-state index is 12.5. The van der Waals surface area contributed by atoms with Crippen LogP contribution in [0.2, 0.25) is 0 Å². The van der Waals surface area contributed by atoms with Crippen molar-refractivity contribution in [2.75, 3.05) is 6.79 Å². The molecule has 3 aromatic rings. The fraction of sp³-hybridized carbons (Fsp3) is 0.158. The number of aromatic nitrogens is 1. The summed E-state index contributed by atoms with van der Waals surface area (Å²) in [5.74, 6) is 0.320. The first-order valence-electron chi connectivity index (χ1n) is 8.03. The van der Waals surface area contributed by atoms with Crippen LogP contribution < -0.4 is 20.3 Å². The van der Waals surface area contributed by atoms with Gasteiger partial charge in [-0.05, 0) is 29.8 Å². The van der Waals surface area contributed by atoms with E-state index in [9.17, 15) is 14.7 Å². The van der Waals surface area contributed by atoms with Crippen molar-refractivity contribution in [3.63, 3.8) is 0 Å². The zero-order valence-corrected chi connectivity index (χ0v) is 14.0. The summed E-state index contributed by atoms with van der Waals surface area (Å²) in [6.07, 6.45) is 0. The fourth-order valence-electron chi connectivity index (χ4n) is 3.01. The number of para-hydroxylation sites is 1. The molecule has 0 spiro atoms. The second kappa shape index (κ2) is 6.11. The number of hydrogen-bond donors (Lipinski definition) is 2. The Morgan fingerprint density at radius 2 is 1.96 bits per heavy atom. The maximum absolute atomic E-state index is 12.5. The third-order valence-corrected chi connectivity index (χ3v) is 4.39. The van der Waals surface area contributed by atoms with Crippen molar-refractivity contribution in [2.24, 2.45) is 7.05 Å². The number of fused-ring (bicyclic) bond motifs is 2. The number of aryl methyl sites for hydroxylation is 1. The van der Waals surface area contributed by atoms with Gasteiger partial charge in [0.25, 0.3) is 11.5 Å². The smallest absolute Gasteiger partial charge is 0.267 e. The van der Waals surface area contributed by atoms with Crippen LogP contribution in [-0.4, -0.2) is 22.4 Å². The third kappa shape index (κ3) is 2.54. The first-order chi connectivity index (χ1) is 12.6. The van der Waals surface area contributed by atoms with E-state index in [1.807, 2.05) is 0 Å². The molecule has 0 saturated heterocycles. The quantitative estimate of drug-likeness (QED) is 0.751. The normalized spacial score (nSPS) is 12.3. The lowest BCUT2D eigenvalue weighted by Gasteiger charge is -2.12. The highest BCUT2D eigenvalue weighted by molar-refractivity contribution is 6.02. The average Bonchev–Trinajstić information content (AvgIpc) is 3.12. The Morgan fingerprint density at radius 3 is 2.81 bits per heavy atom. The first kappa shape index (κ1) is 16.0. The van der Waals surface area contributed by atoms with Crippen LogP contribution >= 0.6 is 0 Å². The summed E-state index contributed by atoms with van der Waals surface area (Å²) in [5.41, 5.74) is 0.526. The SMILES string of the molecule is Cn1c(=O)c(C(=O)NCc2ccc3c(c2)OCO3)c(O)c2ccccc21. The molecule has 0 aliphatic carbocycles. The number of nitrogens with zero attached hydrogens (tertiary/aromatic N) is 1. The van der Waals surface area contributed by atoms with Crippen LogP contribution in [0.4, 0.5) is 0 Å². The number of hydrogen-bond acceptors (Lipinski definition) is 5. The zero-order valence-electron chi connectivity index (χ0n) is 14.0. The van der Waals surface area contributed by atoms with E-state index < -0.39 is 11.5 Å². The topological polar surface area (TPSA) is 89.8 Å². The van der Waals surface area contributed by atoms with E-state index in [1.54, 1.807) is 49.5 Å². The van der Waals surface area contributed by atoms with Gasteiger partial charge in [0, 0.05) is 19.0 Å². The van der Waals surface area contributed by atoms with E-state index in [1.165, 1.54) is 4.57 Å². The Morgan fingerprint density at radius 1 is 1.19 bits per heavy atom. The van der Waals surface area contributed by atoms with Crippen LogP contribution in [0.15, 0.2) is 47.3 Å². The van der Waals surface area contributed by atoms with Crippen molar-refractivity contribution in [1.29, 1.82) is 0 Å². The number of nitrogens with one attached hydrogen (secondary N) is 1. The summed E-state index contributed by atoms with van der Waals surface area (Å²) in [4.78, 5) is 25.1. The molecule has 0 radical (unpaired) electrons. The van der Waals surface area contributed by atoms with Crippen LogP contribution in [0.5, 0.6) is 17.2 Å². The third-order valence-electron chi connectivity index (χ3n) is 4.39. The minimum absolute atomic E-state index is 0.173. The van der Waals surface area contributed by atoms with E-state index in [2.05, 4.69) is 5.32 Å². The van der Waals surface area contributed by atoms with Gasteiger partial charge in [-0.15, -0.1) is 0 Å². The molecule has 26 heavy (non-hydrogen) atoms. The van der Waals surface area contributed by atoms with Crippen LogP contribution in [0.3, 0.4) is 0 Å². The van der Waals surface area contributed by atoms with Gasteiger partial charge in [-0.3, -0.25) is 9.59 Å². The predicted octanol–water partition coefficient (Wildman–Crippen LogP) is 1.90. The molecule has 0 unspecified atom stereocenters. The molecule has 1 aliphatic heterocycles. The first-order valence-corrected chi connectivity index (χ1v) is 8.03. The number of ether oxygens (including phenoxy) is 2. The van der Waals surface area contributed by atoms with Crippen molar-refractivity contribution in [2.45, 2.75) is 6.54 Å². The standard InChI is InChI=1S/C19H16N2O5/c1-21-13-5-3-2-4-12(13)17(22)16(19(21)24)18(23)20-9-11-6-7-14-15(8-11)26-10-25-14/h2-8,22H,9-10H2,1H3,(H,20,23). The van der Waals surface area contributed by atoms with E-state index in [0.717, 1.165) is 5.56 Å². The van der Waals surface area contributed by atoms with Crippen LogP contribution in [0, 0.1) is 0 Å². The van der Waals surface area contributed by atoms with Crippen molar-refractivity contribution in [1.82, 2.24) is 9.88 Å². The second-order valence-corrected chi connectivity index (χ2v) is 5.98. The maximum Gasteiger partial charge on any atom is 0.267 e. The molecule has 4 rings (SSSR count). The molecule has 2 aromatic carbocycles. The molecule has 7 heteroatoms. The molecular weight excluding hydrogens is 336 g/mol. The summed E-state index contributed by atoms with van der Waals surface area (Å²) in [5, 5.41) is 13.6. The average molecular weight is 352 g/mol. The minimum Gasteiger partial charge on any atom is -0.506 e. The number of rotatable bonds is 3. The lowest BCUT2D eigenvalue weighted by Crippen LogP contribution is -2.32. The Kier molecular flexibility index (Phi) is 3.76. The highest BCUT2D eigenvalue weighted by Crippen LogP contribution is 2.32. The summed E-state index contributed by atoms with van der Waals surface area (Å²) in [7, 11) is 1.57. The molecule has 2 N–H and O–H groups in total. The summed E-state index contributed by atoms with van der Waals surface area (Å²) >= 11 is 0. The van der Waals surface area contributed by atoms with Crippen LogP contribution in [0.25, 0.3) is 10.9 Å². The zero-order chi connectivity index (χ0) is 18.3. The van der Waals surface area contributed by atoms with Gasteiger partial charge in [-0.1, -0.05) is 18.2 Å². The molecule has 0 atom stereocenters. The Labute approximate surface area is 148 Å². The molecule has 132 valence electrons. The molecule has 1 amide bonds. The van der Waals surface area contributed by atoms with Gasteiger partial charge in [0.1, 0.15) is 11.3 Å². The Hall–Kier alpha value is -3.48. The van der Waals surface area contributed by atoms with Gasteiger partial charge in [-0.25, -0.2) is 0 Å². The minimum atomic E-state index is -0.633. The van der Waals surface area contributed by atoms with E-state index in [0.29, 0.717) is 22.4 Å². The molecule has 1 aliphatic rings. The lowest BCUT2D eigenvalue weighted by atomic mass is 10.1. The van der Waals surface area contributed by atoms with Gasteiger partial charge in [0.15, 0.2) is 11.5 Å². The largest absolute Gasteiger partial charge is 0.506 e. The highest BCUT2D eigenvalue weighted by atomic mass is 16.7. The van der Waals surface area contributed by atoms with Gasteiger partial charge < -0.3 is 24.5 Å².